The minimum absolute atomic E-state index is 0.0142. The van der Waals surface area contributed by atoms with E-state index >= 15 is 0 Å². The van der Waals surface area contributed by atoms with E-state index < -0.39 is 0 Å². The highest BCUT2D eigenvalue weighted by atomic mass is 19.1. The molecule has 1 aromatic rings. The quantitative estimate of drug-likeness (QED) is 0.700. The van der Waals surface area contributed by atoms with Crippen molar-refractivity contribution in [2.45, 2.75) is 19.9 Å². The fourth-order valence-corrected chi connectivity index (χ4v) is 1.56. The van der Waals surface area contributed by atoms with Crippen LogP contribution in [-0.2, 0) is 16.1 Å². The lowest BCUT2D eigenvalue weighted by Crippen LogP contribution is -2.29. The van der Waals surface area contributed by atoms with Crippen molar-refractivity contribution >= 4 is 5.91 Å². The first-order chi connectivity index (χ1) is 9.13. The first-order valence-corrected chi connectivity index (χ1v) is 6.35. The minimum Gasteiger partial charge on any atom is -0.383 e. The number of ether oxygens (including phenoxy) is 1. The van der Waals surface area contributed by atoms with Gasteiger partial charge in [-0.05, 0) is 24.1 Å². The summed E-state index contributed by atoms with van der Waals surface area (Å²) in [6.07, 6.45) is 0.401. The smallest absolute Gasteiger partial charge is 0.221 e. The van der Waals surface area contributed by atoms with E-state index in [2.05, 4.69) is 10.6 Å². The predicted molar refractivity (Wildman–Crippen MR) is 72.3 cm³/mol. The molecule has 5 heteroatoms. The third-order valence-corrected chi connectivity index (χ3v) is 2.72. The number of rotatable bonds is 8. The second-order valence-corrected chi connectivity index (χ2v) is 4.35. The van der Waals surface area contributed by atoms with Crippen molar-refractivity contribution in [3.05, 3.63) is 35.1 Å². The molecule has 1 rings (SSSR count). The van der Waals surface area contributed by atoms with Crippen LogP contribution in [0.25, 0.3) is 0 Å². The molecule has 0 aromatic heterocycles. The summed E-state index contributed by atoms with van der Waals surface area (Å²) in [5, 5.41) is 5.85. The Labute approximate surface area is 113 Å². The van der Waals surface area contributed by atoms with Crippen molar-refractivity contribution in [3.63, 3.8) is 0 Å². The third kappa shape index (κ3) is 6.31. The maximum absolute atomic E-state index is 13.3. The Morgan fingerprint density at radius 1 is 1.37 bits per heavy atom. The van der Waals surface area contributed by atoms with Crippen LogP contribution in [0.1, 0.15) is 17.5 Å². The van der Waals surface area contributed by atoms with E-state index in [-0.39, 0.29) is 11.7 Å². The van der Waals surface area contributed by atoms with Crippen LogP contribution in [-0.4, -0.2) is 32.7 Å². The highest BCUT2D eigenvalue weighted by Crippen LogP contribution is 2.08. The number of carbonyl (C=O) groups excluding carboxylic acids is 1. The van der Waals surface area contributed by atoms with Crippen LogP contribution < -0.4 is 10.6 Å². The van der Waals surface area contributed by atoms with Gasteiger partial charge in [-0.3, -0.25) is 4.79 Å². The van der Waals surface area contributed by atoms with Crippen LogP contribution in [0.15, 0.2) is 18.2 Å². The van der Waals surface area contributed by atoms with Gasteiger partial charge in [-0.1, -0.05) is 12.1 Å². The standard InChI is InChI=1S/C14H21FN2O2/c1-11-3-4-12(9-13(11)15)10-16-6-5-14(18)17-7-8-19-2/h3-4,9,16H,5-8,10H2,1-2H3,(H,17,18). The van der Waals surface area contributed by atoms with E-state index in [9.17, 15) is 9.18 Å². The molecule has 0 spiro atoms. The van der Waals surface area contributed by atoms with Crippen molar-refractivity contribution in [1.82, 2.24) is 10.6 Å². The van der Waals surface area contributed by atoms with Gasteiger partial charge >= 0.3 is 0 Å². The molecule has 0 heterocycles. The number of methoxy groups -OCH3 is 1. The number of hydrogen-bond donors (Lipinski definition) is 2. The average Bonchev–Trinajstić information content (AvgIpc) is 2.39. The van der Waals surface area contributed by atoms with Crippen LogP contribution in [0, 0.1) is 12.7 Å². The van der Waals surface area contributed by atoms with Gasteiger partial charge in [0, 0.05) is 33.2 Å². The minimum atomic E-state index is -0.198. The largest absolute Gasteiger partial charge is 0.383 e. The van der Waals surface area contributed by atoms with Crippen molar-refractivity contribution < 1.29 is 13.9 Å². The number of halogens is 1. The molecule has 0 saturated carbocycles. The van der Waals surface area contributed by atoms with Gasteiger partial charge < -0.3 is 15.4 Å². The summed E-state index contributed by atoms with van der Waals surface area (Å²) in [5.41, 5.74) is 1.52. The first-order valence-electron chi connectivity index (χ1n) is 6.35. The summed E-state index contributed by atoms with van der Waals surface area (Å²) < 4.78 is 18.1. The number of benzene rings is 1. The van der Waals surface area contributed by atoms with E-state index in [0.717, 1.165) is 5.56 Å². The molecule has 0 aliphatic heterocycles. The lowest BCUT2D eigenvalue weighted by atomic mass is 10.1. The Bertz CT molecular complexity index is 410. The topological polar surface area (TPSA) is 50.4 Å². The zero-order valence-electron chi connectivity index (χ0n) is 11.5. The van der Waals surface area contributed by atoms with Crippen LogP contribution in [0.2, 0.25) is 0 Å². The average molecular weight is 268 g/mol. The molecular formula is C14H21FN2O2. The van der Waals surface area contributed by atoms with Crippen LogP contribution >= 0.6 is 0 Å². The monoisotopic (exact) mass is 268 g/mol. The van der Waals surface area contributed by atoms with E-state index in [1.807, 2.05) is 6.07 Å². The second kappa shape index (κ2) is 8.61. The molecule has 1 amide bonds. The lowest BCUT2D eigenvalue weighted by Gasteiger charge is -2.07. The van der Waals surface area contributed by atoms with Gasteiger partial charge in [-0.25, -0.2) is 4.39 Å². The van der Waals surface area contributed by atoms with Gasteiger partial charge in [-0.2, -0.15) is 0 Å². The van der Waals surface area contributed by atoms with Crippen molar-refractivity contribution in [2.24, 2.45) is 0 Å². The van der Waals surface area contributed by atoms with Crippen LogP contribution in [0.4, 0.5) is 4.39 Å². The third-order valence-electron chi connectivity index (χ3n) is 2.72. The molecule has 106 valence electrons. The molecule has 4 nitrogen and oxygen atoms in total. The van der Waals surface area contributed by atoms with Gasteiger partial charge in [0.15, 0.2) is 0 Å². The van der Waals surface area contributed by atoms with Gasteiger partial charge in [0.1, 0.15) is 5.82 Å². The molecule has 0 aliphatic rings. The highest BCUT2D eigenvalue weighted by Gasteiger charge is 2.01. The molecule has 19 heavy (non-hydrogen) atoms. The molecule has 1 aromatic carbocycles. The SMILES string of the molecule is COCCNC(=O)CCNCc1ccc(C)c(F)c1. The van der Waals surface area contributed by atoms with Crippen molar-refractivity contribution in [1.29, 1.82) is 0 Å². The molecule has 0 saturated heterocycles. The van der Waals surface area contributed by atoms with E-state index in [0.29, 0.717) is 38.2 Å². The van der Waals surface area contributed by atoms with Crippen molar-refractivity contribution in [3.8, 4) is 0 Å². The predicted octanol–water partition coefficient (Wildman–Crippen LogP) is 1.38. The molecule has 0 aliphatic carbocycles. The highest BCUT2D eigenvalue weighted by molar-refractivity contribution is 5.76. The Kier molecular flexibility index (Phi) is 7.07. The summed E-state index contributed by atoms with van der Waals surface area (Å²) in [5.74, 6) is -0.212. The fraction of sp³-hybridized carbons (Fsp3) is 0.500. The van der Waals surface area contributed by atoms with Crippen molar-refractivity contribution in [2.75, 3.05) is 26.8 Å². The second-order valence-electron chi connectivity index (χ2n) is 4.35. The molecule has 0 bridgehead atoms. The summed E-state index contributed by atoms with van der Waals surface area (Å²) in [4.78, 5) is 11.4. The van der Waals surface area contributed by atoms with Crippen LogP contribution in [0.3, 0.4) is 0 Å². The maximum atomic E-state index is 13.3. The number of aryl methyl sites for hydroxylation is 1. The zero-order chi connectivity index (χ0) is 14.1. The number of nitrogens with one attached hydrogen (secondary N) is 2. The van der Waals surface area contributed by atoms with Crippen LogP contribution in [0.5, 0.6) is 0 Å². The Hall–Kier alpha value is -1.46. The summed E-state index contributed by atoms with van der Waals surface area (Å²) in [6.45, 7) is 3.90. The summed E-state index contributed by atoms with van der Waals surface area (Å²) >= 11 is 0. The number of amides is 1. The number of carbonyl (C=O) groups is 1. The molecule has 0 atom stereocenters. The van der Waals surface area contributed by atoms with E-state index in [4.69, 9.17) is 4.74 Å². The van der Waals surface area contributed by atoms with Gasteiger partial charge in [0.05, 0.1) is 6.61 Å². The summed E-state index contributed by atoms with van der Waals surface area (Å²) in [7, 11) is 1.59. The Morgan fingerprint density at radius 3 is 2.84 bits per heavy atom. The summed E-state index contributed by atoms with van der Waals surface area (Å²) in [6, 6.07) is 5.15. The zero-order valence-corrected chi connectivity index (χ0v) is 11.5. The van der Waals surface area contributed by atoms with E-state index in [1.165, 1.54) is 6.07 Å². The molecule has 0 fully saturated rings. The lowest BCUT2D eigenvalue weighted by molar-refractivity contribution is -0.121. The molecule has 0 radical (unpaired) electrons. The fourth-order valence-electron chi connectivity index (χ4n) is 1.56. The van der Waals surface area contributed by atoms with Gasteiger partial charge in [-0.15, -0.1) is 0 Å². The molecular weight excluding hydrogens is 247 g/mol. The molecule has 0 unspecified atom stereocenters. The number of hydrogen-bond acceptors (Lipinski definition) is 3. The van der Waals surface area contributed by atoms with Gasteiger partial charge in [0.2, 0.25) is 5.91 Å². The maximum Gasteiger partial charge on any atom is 0.221 e. The normalized spacial score (nSPS) is 10.5. The Balaban J connectivity index is 2.16. The first kappa shape index (κ1) is 15.6. The molecule has 2 N–H and O–H groups in total. The van der Waals surface area contributed by atoms with E-state index in [1.54, 1.807) is 20.1 Å². The van der Waals surface area contributed by atoms with Gasteiger partial charge in [0.25, 0.3) is 0 Å². The Morgan fingerprint density at radius 2 is 2.16 bits per heavy atom.